The molecule has 5 heteroatoms. The Balaban J connectivity index is 2.90. The molecule has 0 aliphatic rings. The number of hydrogen-bond acceptors (Lipinski definition) is 3. The van der Waals surface area contributed by atoms with Crippen molar-refractivity contribution in [1.29, 1.82) is 0 Å². The molecular formula is C12H17NO3S. The summed E-state index contributed by atoms with van der Waals surface area (Å²) in [4.78, 5) is 10.9. The fraction of sp³-hybridized carbons (Fsp3) is 0.417. The highest BCUT2D eigenvalue weighted by molar-refractivity contribution is 7.92. The summed E-state index contributed by atoms with van der Waals surface area (Å²) in [5, 5.41) is 0. The lowest BCUT2D eigenvalue weighted by Gasteiger charge is -2.17. The molecule has 0 spiro atoms. The predicted molar refractivity (Wildman–Crippen MR) is 68.7 cm³/mol. The van der Waals surface area contributed by atoms with Crippen molar-refractivity contribution >= 4 is 21.5 Å². The molecule has 4 nitrogen and oxygen atoms in total. The molecule has 0 bridgehead atoms. The van der Waals surface area contributed by atoms with Gasteiger partial charge in [-0.2, -0.15) is 0 Å². The third-order valence-electron chi connectivity index (χ3n) is 2.54. The summed E-state index contributed by atoms with van der Waals surface area (Å²) in [5.41, 5.74) is 1.58. The zero-order chi connectivity index (χ0) is 13.1. The number of aryl methyl sites for hydroxylation is 1. The molecule has 94 valence electrons. The smallest absolute Gasteiger partial charge is 0.231 e. The summed E-state index contributed by atoms with van der Waals surface area (Å²) < 4.78 is 24.0. The number of anilines is 1. The van der Waals surface area contributed by atoms with E-state index in [1.165, 1.54) is 11.4 Å². The molecule has 1 rings (SSSR count). The summed E-state index contributed by atoms with van der Waals surface area (Å²) in [6.07, 6.45) is 2.28. The second kappa shape index (κ2) is 5.31. The number of ketones is 1. The van der Waals surface area contributed by atoms with E-state index < -0.39 is 10.0 Å². The molecule has 1 aromatic carbocycles. The standard InChI is InChI=1S/C12H17NO3S/c1-10(14)7-8-11-5-4-6-12(9-11)13(2)17(3,15)16/h4-6,9H,7-8H2,1-3H3. The quantitative estimate of drug-likeness (QED) is 0.803. The van der Waals surface area contributed by atoms with Gasteiger partial charge in [-0.1, -0.05) is 12.1 Å². The van der Waals surface area contributed by atoms with E-state index in [2.05, 4.69) is 0 Å². The van der Waals surface area contributed by atoms with Gasteiger partial charge in [0, 0.05) is 13.5 Å². The predicted octanol–water partition coefficient (Wildman–Crippen LogP) is 1.60. The minimum absolute atomic E-state index is 0.131. The SMILES string of the molecule is CC(=O)CCc1cccc(N(C)S(C)(=O)=O)c1. The Bertz CT molecular complexity index is 508. The molecule has 0 N–H and O–H groups in total. The summed E-state index contributed by atoms with van der Waals surface area (Å²) >= 11 is 0. The first kappa shape index (κ1) is 13.7. The number of carbonyl (C=O) groups excluding carboxylic acids is 1. The minimum Gasteiger partial charge on any atom is -0.300 e. The van der Waals surface area contributed by atoms with Crippen molar-refractivity contribution < 1.29 is 13.2 Å². The van der Waals surface area contributed by atoms with Gasteiger partial charge >= 0.3 is 0 Å². The largest absolute Gasteiger partial charge is 0.300 e. The van der Waals surface area contributed by atoms with Crippen molar-refractivity contribution in [1.82, 2.24) is 0 Å². The zero-order valence-electron chi connectivity index (χ0n) is 10.3. The fourth-order valence-electron chi connectivity index (χ4n) is 1.42. The number of Topliss-reactive ketones (excluding diaryl/α,β-unsaturated/α-hetero) is 1. The Labute approximate surface area is 102 Å². The molecular weight excluding hydrogens is 238 g/mol. The van der Waals surface area contributed by atoms with E-state index in [0.717, 1.165) is 11.8 Å². The normalized spacial score (nSPS) is 11.2. The molecule has 0 radical (unpaired) electrons. The average molecular weight is 255 g/mol. The summed E-state index contributed by atoms with van der Waals surface area (Å²) in [7, 11) is -1.72. The van der Waals surface area contributed by atoms with Gasteiger partial charge in [0.05, 0.1) is 11.9 Å². The second-order valence-corrected chi connectivity index (χ2v) is 6.12. The molecule has 0 aliphatic heterocycles. The molecule has 0 saturated carbocycles. The first-order chi connectivity index (χ1) is 7.80. The highest BCUT2D eigenvalue weighted by Gasteiger charge is 2.11. The van der Waals surface area contributed by atoms with Gasteiger partial charge in [0.15, 0.2) is 0 Å². The van der Waals surface area contributed by atoms with Crippen LogP contribution in [-0.2, 0) is 21.2 Å². The van der Waals surface area contributed by atoms with Crippen molar-refractivity contribution in [3.63, 3.8) is 0 Å². The second-order valence-electron chi connectivity index (χ2n) is 4.10. The van der Waals surface area contributed by atoms with E-state index in [1.807, 2.05) is 6.07 Å². The van der Waals surface area contributed by atoms with Crippen molar-refractivity contribution in [3.8, 4) is 0 Å². The Morgan fingerprint density at radius 3 is 2.53 bits per heavy atom. The third-order valence-corrected chi connectivity index (χ3v) is 3.74. The maximum atomic E-state index is 11.4. The van der Waals surface area contributed by atoms with E-state index in [4.69, 9.17) is 0 Å². The van der Waals surface area contributed by atoms with E-state index in [9.17, 15) is 13.2 Å². The maximum absolute atomic E-state index is 11.4. The Hall–Kier alpha value is -1.36. The Morgan fingerprint density at radius 1 is 1.35 bits per heavy atom. The van der Waals surface area contributed by atoms with E-state index >= 15 is 0 Å². The number of sulfonamides is 1. The van der Waals surface area contributed by atoms with Gasteiger partial charge in [0.2, 0.25) is 10.0 Å². The van der Waals surface area contributed by atoms with Crippen LogP contribution in [0.4, 0.5) is 5.69 Å². The van der Waals surface area contributed by atoms with E-state index in [0.29, 0.717) is 18.5 Å². The van der Waals surface area contributed by atoms with E-state index in [-0.39, 0.29) is 5.78 Å². The molecule has 17 heavy (non-hydrogen) atoms. The van der Waals surface area contributed by atoms with Gasteiger partial charge in [-0.05, 0) is 31.0 Å². The van der Waals surface area contributed by atoms with Crippen LogP contribution in [-0.4, -0.2) is 27.5 Å². The number of nitrogens with zero attached hydrogens (tertiary/aromatic N) is 1. The fourth-order valence-corrected chi connectivity index (χ4v) is 1.92. The van der Waals surface area contributed by atoms with Crippen LogP contribution in [0, 0.1) is 0 Å². The van der Waals surface area contributed by atoms with Crippen LogP contribution < -0.4 is 4.31 Å². The van der Waals surface area contributed by atoms with Crippen LogP contribution in [0.5, 0.6) is 0 Å². The van der Waals surface area contributed by atoms with Crippen LogP contribution in [0.3, 0.4) is 0 Å². The lowest BCUT2D eigenvalue weighted by Crippen LogP contribution is -2.24. The Morgan fingerprint density at radius 2 is 2.00 bits per heavy atom. The van der Waals surface area contributed by atoms with Gasteiger partial charge in [-0.3, -0.25) is 4.31 Å². The van der Waals surface area contributed by atoms with Crippen molar-refractivity contribution in [2.45, 2.75) is 19.8 Å². The van der Waals surface area contributed by atoms with Crippen LogP contribution in [0.1, 0.15) is 18.9 Å². The topological polar surface area (TPSA) is 54.5 Å². The minimum atomic E-state index is -3.24. The highest BCUT2D eigenvalue weighted by Crippen LogP contribution is 2.18. The molecule has 0 atom stereocenters. The number of carbonyl (C=O) groups is 1. The monoisotopic (exact) mass is 255 g/mol. The number of rotatable bonds is 5. The lowest BCUT2D eigenvalue weighted by atomic mass is 10.1. The van der Waals surface area contributed by atoms with Crippen LogP contribution in [0.2, 0.25) is 0 Å². The van der Waals surface area contributed by atoms with Crippen molar-refractivity contribution in [2.24, 2.45) is 0 Å². The first-order valence-corrected chi connectivity index (χ1v) is 7.18. The van der Waals surface area contributed by atoms with Crippen LogP contribution >= 0.6 is 0 Å². The van der Waals surface area contributed by atoms with Gasteiger partial charge in [0.1, 0.15) is 5.78 Å². The Kier molecular flexibility index (Phi) is 4.28. The summed E-state index contributed by atoms with van der Waals surface area (Å²) in [5.74, 6) is 0.131. The lowest BCUT2D eigenvalue weighted by molar-refractivity contribution is -0.116. The van der Waals surface area contributed by atoms with Gasteiger partial charge in [-0.25, -0.2) is 8.42 Å². The van der Waals surface area contributed by atoms with Gasteiger partial charge in [0.25, 0.3) is 0 Å². The van der Waals surface area contributed by atoms with Crippen LogP contribution in [0.25, 0.3) is 0 Å². The molecule has 0 unspecified atom stereocenters. The molecule has 0 aromatic heterocycles. The first-order valence-electron chi connectivity index (χ1n) is 5.33. The molecule has 0 saturated heterocycles. The zero-order valence-corrected chi connectivity index (χ0v) is 11.1. The van der Waals surface area contributed by atoms with Crippen molar-refractivity contribution in [2.75, 3.05) is 17.6 Å². The van der Waals surface area contributed by atoms with Gasteiger partial charge < -0.3 is 4.79 Å². The number of benzene rings is 1. The van der Waals surface area contributed by atoms with Crippen LogP contribution in [0.15, 0.2) is 24.3 Å². The van der Waals surface area contributed by atoms with Gasteiger partial charge in [-0.15, -0.1) is 0 Å². The molecule has 0 heterocycles. The molecule has 0 fully saturated rings. The number of hydrogen-bond donors (Lipinski definition) is 0. The van der Waals surface area contributed by atoms with Crippen molar-refractivity contribution in [3.05, 3.63) is 29.8 Å². The summed E-state index contributed by atoms with van der Waals surface area (Å²) in [6, 6.07) is 7.22. The van der Waals surface area contributed by atoms with E-state index in [1.54, 1.807) is 25.1 Å². The highest BCUT2D eigenvalue weighted by atomic mass is 32.2. The summed E-state index contributed by atoms with van der Waals surface area (Å²) in [6.45, 7) is 1.55. The maximum Gasteiger partial charge on any atom is 0.231 e. The molecule has 1 aromatic rings. The third kappa shape index (κ3) is 4.19. The molecule has 0 amide bonds. The molecule has 0 aliphatic carbocycles. The average Bonchev–Trinajstić information content (AvgIpc) is 2.24.